The number of rotatable bonds is 11. The number of thiazole rings is 1. The number of aryl methyl sites for hydroxylation is 2. The molecular weight excluding hydrogens is 466 g/mol. The molecule has 182 valence electrons. The third-order valence-electron chi connectivity index (χ3n) is 5.75. The average molecular weight is 500 g/mol. The summed E-state index contributed by atoms with van der Waals surface area (Å²) < 4.78 is 11.7. The zero-order valence-corrected chi connectivity index (χ0v) is 22.0. The molecule has 3 heterocycles. The maximum Gasteiger partial charge on any atom is 0.190 e. The number of nitrogens with zero attached hydrogens (tertiary/aromatic N) is 4. The molecule has 9 heteroatoms. The lowest BCUT2D eigenvalue weighted by atomic mass is 10.2. The fourth-order valence-corrected chi connectivity index (χ4v) is 6.16. The summed E-state index contributed by atoms with van der Waals surface area (Å²) in [5, 5.41) is 1.79. The van der Waals surface area contributed by atoms with E-state index in [1.807, 2.05) is 13.0 Å². The number of thioether (sulfide) groups is 1. The fraction of sp³-hybridized carbons (Fsp3) is 0.480. The third kappa shape index (κ3) is 6.00. The minimum Gasteiger partial charge on any atom is -0.493 e. The van der Waals surface area contributed by atoms with Crippen molar-refractivity contribution in [3.05, 3.63) is 40.5 Å². The van der Waals surface area contributed by atoms with E-state index in [0.29, 0.717) is 17.6 Å². The second-order valence-electron chi connectivity index (χ2n) is 8.46. The van der Waals surface area contributed by atoms with Gasteiger partial charge >= 0.3 is 0 Å². The highest BCUT2D eigenvalue weighted by Crippen LogP contribution is 2.41. The summed E-state index contributed by atoms with van der Waals surface area (Å²) in [4.78, 5) is 17.7. The van der Waals surface area contributed by atoms with Crippen molar-refractivity contribution in [3.63, 3.8) is 0 Å². The Balaban J connectivity index is 1.56. The molecule has 4 rings (SSSR count). The van der Waals surface area contributed by atoms with Crippen molar-refractivity contribution < 1.29 is 9.47 Å². The van der Waals surface area contributed by atoms with Crippen LogP contribution in [0.3, 0.4) is 0 Å². The number of methoxy groups -OCH3 is 1. The van der Waals surface area contributed by atoms with Crippen LogP contribution in [0, 0.1) is 6.92 Å². The van der Waals surface area contributed by atoms with Crippen LogP contribution in [0.1, 0.15) is 48.2 Å². The van der Waals surface area contributed by atoms with Crippen LogP contribution >= 0.6 is 23.1 Å². The molecule has 0 spiro atoms. The normalized spacial score (nSPS) is 14.6. The van der Waals surface area contributed by atoms with Crippen molar-refractivity contribution in [2.24, 2.45) is 0 Å². The molecule has 0 radical (unpaired) electrons. The van der Waals surface area contributed by atoms with Crippen LogP contribution in [0.2, 0.25) is 0 Å². The number of aromatic nitrogens is 3. The Morgan fingerprint density at radius 3 is 2.68 bits per heavy atom. The highest BCUT2D eigenvalue weighted by atomic mass is 32.2. The quantitative estimate of drug-likeness (QED) is 0.278. The van der Waals surface area contributed by atoms with E-state index in [2.05, 4.69) is 40.8 Å². The van der Waals surface area contributed by atoms with Gasteiger partial charge < -0.3 is 15.2 Å². The van der Waals surface area contributed by atoms with E-state index in [0.717, 1.165) is 52.8 Å². The van der Waals surface area contributed by atoms with Crippen LogP contribution in [0.5, 0.6) is 11.5 Å². The summed E-state index contributed by atoms with van der Waals surface area (Å²) in [7, 11) is 1.68. The van der Waals surface area contributed by atoms with Gasteiger partial charge in [-0.05, 0) is 58.0 Å². The molecule has 0 saturated carbocycles. The molecule has 0 bridgehead atoms. The molecule has 0 unspecified atom stereocenters. The summed E-state index contributed by atoms with van der Waals surface area (Å²) in [5.41, 5.74) is 8.93. The standard InChI is InChI=1S/C25H33N5O2S2/c1-5-7-21-23(17(3)33-25-27-16(2)14-22(26)28-25)29-24(34-21)18-8-9-19(31-4)20(15-18)32-13-12-30-10-6-11-30/h8-9,14-15,17H,5-7,10-13H2,1-4H3,(H2,26,27,28)/t17-/m0/s1. The number of hydrogen-bond donors (Lipinski definition) is 1. The summed E-state index contributed by atoms with van der Waals surface area (Å²) in [6.07, 6.45) is 3.34. The van der Waals surface area contributed by atoms with Gasteiger partial charge in [-0.3, -0.25) is 4.90 Å². The molecule has 1 fully saturated rings. The van der Waals surface area contributed by atoms with E-state index in [9.17, 15) is 0 Å². The first-order chi connectivity index (χ1) is 16.5. The summed E-state index contributed by atoms with van der Waals surface area (Å²) >= 11 is 3.35. The molecule has 0 aliphatic carbocycles. The lowest BCUT2D eigenvalue weighted by Gasteiger charge is -2.30. The third-order valence-corrected chi connectivity index (χ3v) is 7.90. The highest BCUT2D eigenvalue weighted by molar-refractivity contribution is 7.99. The Morgan fingerprint density at radius 2 is 2.00 bits per heavy atom. The molecule has 3 aromatic rings. The van der Waals surface area contributed by atoms with E-state index < -0.39 is 0 Å². The molecule has 7 nitrogen and oxygen atoms in total. The van der Waals surface area contributed by atoms with Crippen LogP contribution in [-0.4, -0.2) is 53.2 Å². The zero-order valence-electron chi connectivity index (χ0n) is 20.3. The van der Waals surface area contributed by atoms with Crippen molar-refractivity contribution in [1.82, 2.24) is 19.9 Å². The van der Waals surface area contributed by atoms with Crippen molar-refractivity contribution >= 4 is 28.9 Å². The Bertz CT molecular complexity index is 1100. The SMILES string of the molecule is CCCc1sc(-c2ccc(OC)c(OCCN3CCC3)c2)nc1[C@H](C)Sc1nc(C)cc(N)n1. The molecule has 2 N–H and O–H groups in total. The first kappa shape index (κ1) is 24.8. The predicted octanol–water partition coefficient (Wildman–Crippen LogP) is 5.39. The van der Waals surface area contributed by atoms with E-state index in [1.54, 1.807) is 36.3 Å². The molecule has 1 aliphatic rings. The lowest BCUT2D eigenvalue weighted by molar-refractivity contribution is 0.145. The lowest BCUT2D eigenvalue weighted by Crippen LogP contribution is -2.39. The van der Waals surface area contributed by atoms with Gasteiger partial charge in [-0.15, -0.1) is 11.3 Å². The van der Waals surface area contributed by atoms with Gasteiger partial charge in [-0.25, -0.2) is 15.0 Å². The fourth-order valence-electron chi connectivity index (χ4n) is 3.85. The van der Waals surface area contributed by atoms with Crippen molar-refractivity contribution in [2.75, 3.05) is 39.1 Å². The molecule has 1 saturated heterocycles. The number of nitrogen functional groups attached to an aromatic ring is 1. The summed E-state index contributed by atoms with van der Waals surface area (Å²) in [5.74, 6) is 2.01. The molecule has 1 atom stereocenters. The smallest absolute Gasteiger partial charge is 0.190 e. The molecule has 0 amide bonds. The first-order valence-corrected chi connectivity index (χ1v) is 13.5. The second-order valence-corrected chi connectivity index (χ2v) is 10.9. The van der Waals surface area contributed by atoms with Gasteiger partial charge in [0.25, 0.3) is 0 Å². The van der Waals surface area contributed by atoms with Gasteiger partial charge in [-0.2, -0.15) is 0 Å². The van der Waals surface area contributed by atoms with E-state index >= 15 is 0 Å². The monoisotopic (exact) mass is 499 g/mol. The maximum absolute atomic E-state index is 6.11. The zero-order chi connectivity index (χ0) is 24.1. The van der Waals surface area contributed by atoms with Crippen LogP contribution in [-0.2, 0) is 6.42 Å². The molecule has 34 heavy (non-hydrogen) atoms. The minimum absolute atomic E-state index is 0.109. The van der Waals surface area contributed by atoms with Gasteiger partial charge in [0, 0.05) is 28.7 Å². The average Bonchev–Trinajstić information content (AvgIpc) is 3.19. The molecule has 2 aromatic heterocycles. The van der Waals surface area contributed by atoms with Gasteiger partial charge in [0.2, 0.25) is 0 Å². The topological polar surface area (TPSA) is 86.4 Å². The van der Waals surface area contributed by atoms with Crippen LogP contribution in [0.15, 0.2) is 29.4 Å². The highest BCUT2D eigenvalue weighted by Gasteiger charge is 2.21. The predicted molar refractivity (Wildman–Crippen MR) is 140 cm³/mol. The number of likely N-dealkylation sites (tertiary alicyclic amines) is 1. The summed E-state index contributed by atoms with van der Waals surface area (Å²) in [6, 6.07) is 7.86. The number of hydrogen-bond acceptors (Lipinski definition) is 9. The van der Waals surface area contributed by atoms with Gasteiger partial charge in [0.1, 0.15) is 17.4 Å². The largest absolute Gasteiger partial charge is 0.493 e. The summed E-state index contributed by atoms with van der Waals surface area (Å²) in [6.45, 7) is 10.2. The molecule has 1 aromatic carbocycles. The molecular formula is C25H33N5O2S2. The number of anilines is 1. The van der Waals surface area contributed by atoms with Crippen LogP contribution in [0.25, 0.3) is 10.6 Å². The minimum atomic E-state index is 0.109. The van der Waals surface area contributed by atoms with Gasteiger partial charge in [-0.1, -0.05) is 25.1 Å². The molecule has 1 aliphatic heterocycles. The van der Waals surface area contributed by atoms with E-state index in [-0.39, 0.29) is 5.25 Å². The Morgan fingerprint density at radius 1 is 1.18 bits per heavy atom. The number of benzene rings is 1. The van der Waals surface area contributed by atoms with Crippen molar-refractivity contribution in [1.29, 1.82) is 0 Å². The van der Waals surface area contributed by atoms with Gasteiger partial charge in [0.15, 0.2) is 16.7 Å². The van der Waals surface area contributed by atoms with Crippen molar-refractivity contribution in [2.45, 2.75) is 50.4 Å². The van der Waals surface area contributed by atoms with Crippen LogP contribution in [0.4, 0.5) is 5.82 Å². The van der Waals surface area contributed by atoms with E-state index in [4.69, 9.17) is 20.2 Å². The maximum atomic E-state index is 6.11. The number of nitrogens with two attached hydrogens (primary N) is 1. The Labute approximate surface area is 210 Å². The second kappa shape index (κ2) is 11.4. The van der Waals surface area contributed by atoms with Crippen LogP contribution < -0.4 is 15.2 Å². The van der Waals surface area contributed by atoms with Gasteiger partial charge in [0.05, 0.1) is 18.1 Å². The van der Waals surface area contributed by atoms with Crippen molar-refractivity contribution in [3.8, 4) is 22.1 Å². The Hall–Kier alpha value is -2.36. The van der Waals surface area contributed by atoms with E-state index in [1.165, 1.54) is 24.4 Å². The first-order valence-electron chi connectivity index (χ1n) is 11.8. The Kier molecular flexibility index (Phi) is 8.28. The number of ether oxygens (including phenoxy) is 2.